The Labute approximate surface area is 362 Å². The highest BCUT2D eigenvalue weighted by molar-refractivity contribution is 14.1. The molecule has 9 heteroatoms. The van der Waals surface area contributed by atoms with Gasteiger partial charge in [0.05, 0.1) is 23.8 Å². The summed E-state index contributed by atoms with van der Waals surface area (Å²) >= 11 is 2.38. The van der Waals surface area contributed by atoms with E-state index in [1.807, 2.05) is 0 Å². The molecule has 1 heterocycles. The number of hydrogen-bond acceptors (Lipinski definition) is 7. The average molecular weight is 908 g/mol. The van der Waals surface area contributed by atoms with Crippen molar-refractivity contribution in [2.24, 2.45) is 61.2 Å². The summed E-state index contributed by atoms with van der Waals surface area (Å²) in [7, 11) is 4.27. The van der Waals surface area contributed by atoms with Crippen molar-refractivity contribution >= 4 is 51.8 Å². The van der Waals surface area contributed by atoms with Gasteiger partial charge < -0.3 is 19.6 Å². The minimum absolute atomic E-state index is 0.0157. The molecule has 1 aromatic rings. The molecule has 1 aliphatic heterocycles. The molecular formula is C49H70IN3O5. The number of esters is 1. The fraction of sp³-hybridized carbons (Fsp3) is 0.714. The summed E-state index contributed by atoms with van der Waals surface area (Å²) < 4.78 is 7.45. The number of aliphatic imine (C=N–C) groups is 1. The van der Waals surface area contributed by atoms with Crippen molar-refractivity contribution in [1.29, 1.82) is 0 Å². The normalized spacial score (nSPS) is 35.8. The van der Waals surface area contributed by atoms with E-state index in [0.29, 0.717) is 36.5 Å². The summed E-state index contributed by atoms with van der Waals surface area (Å²) in [6.07, 6.45) is 10.6. The number of hydrogen-bond donors (Lipinski definition) is 1. The number of likely N-dealkylation sites (N-methyl/N-ethyl adjacent to an activating group) is 1. The Morgan fingerprint density at radius 2 is 1.66 bits per heavy atom. The molecule has 0 saturated heterocycles. The Hall–Kier alpha value is -2.53. The molecule has 0 aromatic heterocycles. The Balaban J connectivity index is 1.23. The molecule has 58 heavy (non-hydrogen) atoms. The second kappa shape index (κ2) is 15.1. The van der Waals surface area contributed by atoms with Crippen molar-refractivity contribution in [2.75, 3.05) is 33.7 Å². The molecule has 8 atom stereocenters. The van der Waals surface area contributed by atoms with Gasteiger partial charge in [0.2, 0.25) is 0 Å². The Morgan fingerprint density at radius 1 is 0.966 bits per heavy atom. The largest absolute Gasteiger partial charge is 0.481 e. The van der Waals surface area contributed by atoms with E-state index in [4.69, 9.17) is 9.73 Å². The number of ketones is 1. The lowest BCUT2D eigenvalue weighted by Crippen LogP contribution is -2.66. The maximum atomic E-state index is 14.6. The third-order valence-corrected chi connectivity index (χ3v) is 17.9. The summed E-state index contributed by atoms with van der Waals surface area (Å²) in [4.78, 5) is 49.9. The molecule has 1 N–H and O–H groups in total. The van der Waals surface area contributed by atoms with E-state index in [-0.39, 0.29) is 40.1 Å². The fourth-order valence-electron chi connectivity index (χ4n) is 14.1. The number of rotatable bonds is 10. The number of aliphatic carboxylic acids is 1. The van der Waals surface area contributed by atoms with Crippen LogP contribution >= 0.6 is 22.6 Å². The van der Waals surface area contributed by atoms with E-state index in [9.17, 15) is 19.5 Å². The first-order valence-corrected chi connectivity index (χ1v) is 23.3. The molecule has 318 valence electrons. The Bertz CT molecular complexity index is 1930. The second-order valence-corrected chi connectivity index (χ2v) is 22.9. The van der Waals surface area contributed by atoms with Gasteiger partial charge in [-0.3, -0.25) is 19.4 Å². The number of nitrogens with zero attached hydrogens (tertiary/aromatic N) is 3. The van der Waals surface area contributed by atoms with Crippen molar-refractivity contribution in [2.45, 2.75) is 133 Å². The van der Waals surface area contributed by atoms with Gasteiger partial charge in [-0.1, -0.05) is 60.6 Å². The molecule has 6 aliphatic rings. The number of allylic oxidation sites excluding steroid dienone is 1. The van der Waals surface area contributed by atoms with Crippen molar-refractivity contribution in [3.8, 4) is 0 Å². The first-order chi connectivity index (χ1) is 27.0. The summed E-state index contributed by atoms with van der Waals surface area (Å²) in [5.41, 5.74) is 3.31. The van der Waals surface area contributed by atoms with E-state index in [2.05, 4.69) is 125 Å². The molecule has 0 amide bonds. The van der Waals surface area contributed by atoms with Gasteiger partial charge in [-0.05, 0) is 177 Å². The lowest BCUT2D eigenvalue weighted by Gasteiger charge is -2.72. The number of fused-ring (bicyclic) bond motifs is 7. The lowest BCUT2D eigenvalue weighted by atomic mass is 9.33. The van der Waals surface area contributed by atoms with Crippen molar-refractivity contribution in [3.63, 3.8) is 0 Å². The third kappa shape index (κ3) is 6.77. The molecule has 7 rings (SSSR count). The zero-order chi connectivity index (χ0) is 42.4. The molecule has 4 fully saturated rings. The summed E-state index contributed by atoms with van der Waals surface area (Å²) in [5.74, 6) is 1.41. The van der Waals surface area contributed by atoms with Gasteiger partial charge in [0, 0.05) is 34.2 Å². The highest BCUT2D eigenvalue weighted by atomic mass is 127. The van der Waals surface area contributed by atoms with Crippen LogP contribution in [0.3, 0.4) is 0 Å². The molecule has 0 bridgehead atoms. The fourth-order valence-corrected chi connectivity index (χ4v) is 14.4. The zero-order valence-corrected chi connectivity index (χ0v) is 39.4. The lowest BCUT2D eigenvalue weighted by molar-refractivity contribution is -0.232. The molecule has 5 aliphatic carbocycles. The highest BCUT2D eigenvalue weighted by Gasteiger charge is 2.71. The SMILES string of the molecule is CC(C)C1=C2[C@H]3CC[C@@H]4[C@@]5(C)CC[C@H](OC(=O)CC(C)(C)C(=O)O)C(C)(C)[C@@H]5CC[C@@]4(C)[C@]3(C)CC[C@@]2(C2=NCC=C(c3ccc(I)cc3)N2CCN(C)C)CC1=O. The summed E-state index contributed by atoms with van der Waals surface area (Å²) in [6, 6.07) is 8.86. The molecule has 0 spiro atoms. The van der Waals surface area contributed by atoms with Crippen LogP contribution in [0.2, 0.25) is 0 Å². The maximum Gasteiger partial charge on any atom is 0.309 e. The molecule has 1 aromatic carbocycles. The van der Waals surface area contributed by atoms with Gasteiger partial charge in [0.15, 0.2) is 5.78 Å². The number of carboxylic acid groups (broad SMARTS) is 1. The number of amidine groups is 1. The van der Waals surface area contributed by atoms with Crippen LogP contribution in [0, 0.1) is 59.7 Å². The Morgan fingerprint density at radius 3 is 2.29 bits per heavy atom. The summed E-state index contributed by atoms with van der Waals surface area (Å²) in [5, 5.41) is 9.68. The van der Waals surface area contributed by atoms with Gasteiger partial charge >= 0.3 is 11.9 Å². The molecular weight excluding hydrogens is 837 g/mol. The minimum Gasteiger partial charge on any atom is -0.481 e. The first kappa shape index (κ1) is 43.6. The van der Waals surface area contributed by atoms with Gasteiger partial charge in [-0.25, -0.2) is 0 Å². The smallest absolute Gasteiger partial charge is 0.309 e. The van der Waals surface area contributed by atoms with Crippen LogP contribution in [0.1, 0.15) is 132 Å². The topological polar surface area (TPSA) is 99.5 Å². The average Bonchev–Trinajstić information content (AvgIpc) is 3.45. The van der Waals surface area contributed by atoms with E-state index in [1.54, 1.807) is 13.8 Å². The predicted molar refractivity (Wildman–Crippen MR) is 240 cm³/mol. The number of carbonyl (C=O) groups is 3. The number of halogens is 1. The van der Waals surface area contributed by atoms with Crippen LogP contribution < -0.4 is 0 Å². The van der Waals surface area contributed by atoms with Crippen LogP contribution in [0.25, 0.3) is 5.70 Å². The Kier molecular flexibility index (Phi) is 11.4. The van der Waals surface area contributed by atoms with Gasteiger partial charge in [0.25, 0.3) is 0 Å². The first-order valence-electron chi connectivity index (χ1n) is 22.2. The van der Waals surface area contributed by atoms with Crippen molar-refractivity contribution < 1.29 is 24.2 Å². The molecule has 0 radical (unpaired) electrons. The molecule has 4 saturated carbocycles. The van der Waals surface area contributed by atoms with Crippen molar-refractivity contribution in [3.05, 3.63) is 50.6 Å². The van der Waals surface area contributed by atoms with E-state index in [0.717, 1.165) is 75.9 Å². The van der Waals surface area contributed by atoms with E-state index >= 15 is 0 Å². The van der Waals surface area contributed by atoms with Crippen LogP contribution in [-0.2, 0) is 19.1 Å². The molecule has 0 unspecified atom stereocenters. The monoisotopic (exact) mass is 907 g/mol. The zero-order valence-electron chi connectivity index (χ0n) is 37.3. The highest BCUT2D eigenvalue weighted by Crippen LogP contribution is 2.77. The van der Waals surface area contributed by atoms with Gasteiger partial charge in [-0.15, -0.1) is 0 Å². The minimum atomic E-state index is -1.16. The van der Waals surface area contributed by atoms with Gasteiger partial charge in [-0.2, -0.15) is 0 Å². The number of carboxylic acids is 1. The maximum absolute atomic E-state index is 14.6. The van der Waals surface area contributed by atoms with Crippen LogP contribution in [0.4, 0.5) is 0 Å². The third-order valence-electron chi connectivity index (χ3n) is 17.2. The van der Waals surface area contributed by atoms with Crippen molar-refractivity contribution in [1.82, 2.24) is 9.80 Å². The van der Waals surface area contributed by atoms with Crippen LogP contribution in [0.5, 0.6) is 0 Å². The molecule has 8 nitrogen and oxygen atoms in total. The number of benzene rings is 1. The quantitative estimate of drug-likeness (QED) is 0.184. The van der Waals surface area contributed by atoms with E-state index in [1.165, 1.54) is 20.4 Å². The van der Waals surface area contributed by atoms with Crippen LogP contribution in [-0.4, -0.2) is 78.3 Å². The van der Waals surface area contributed by atoms with E-state index < -0.39 is 22.8 Å². The number of carbonyl (C=O) groups excluding carboxylic acids is 2. The predicted octanol–water partition coefficient (Wildman–Crippen LogP) is 10.3. The summed E-state index contributed by atoms with van der Waals surface area (Å²) in [6.45, 7) is 22.4. The standard InChI is InChI=1S/C49H70IN3O5/c1-30(2)40-35(54)28-49(42-51-25-20-34(53(42)27-26-52(10)11)31-12-14-32(50)15-13-31)24-23-47(8)33(41(40)49)16-17-37-46(7)21-19-38(58-39(55)29-44(3,4)43(56)57)45(5,6)36(46)18-22-48(37,47)9/h12-15,20,30,33,36-38H,16-19,21-29H2,1-11H3,(H,56,57)/t33-,36+,37-,38+,46+,47-,48-,49-/m1/s1. The second-order valence-electron chi connectivity index (χ2n) is 21.7. The van der Waals surface area contributed by atoms with Gasteiger partial charge in [0.1, 0.15) is 11.9 Å². The number of ether oxygens (including phenoxy) is 1. The number of Topliss-reactive ketones (excluding diaryl/α,β-unsaturated/α-hetero) is 1. The van der Waals surface area contributed by atoms with Crippen LogP contribution in [0.15, 0.2) is 46.5 Å².